The molecular formula is C23H30N4OS. The topological polar surface area (TPSA) is 59.0 Å². The molecule has 5 nitrogen and oxygen atoms in total. The lowest BCUT2D eigenvalue weighted by Crippen LogP contribution is -2.31. The Labute approximate surface area is 177 Å². The van der Waals surface area contributed by atoms with Crippen LogP contribution in [0.4, 0.5) is 5.69 Å². The van der Waals surface area contributed by atoms with E-state index in [0.29, 0.717) is 0 Å². The van der Waals surface area contributed by atoms with Gasteiger partial charge in [-0.25, -0.2) is 0 Å². The molecule has 1 aromatic carbocycles. The highest BCUT2D eigenvalue weighted by Gasteiger charge is 2.18. The second kappa shape index (κ2) is 9.85. The van der Waals surface area contributed by atoms with Gasteiger partial charge in [-0.2, -0.15) is 5.10 Å². The minimum absolute atomic E-state index is 0.00272. The minimum Gasteiger partial charge on any atom is -0.322 e. The number of thiophene rings is 1. The normalized spacial score (nSPS) is 12.1. The molecule has 0 radical (unpaired) electrons. The smallest absolute Gasteiger partial charge is 0.238 e. The molecule has 29 heavy (non-hydrogen) atoms. The number of unbranched alkanes of at least 4 members (excludes halogenated alkanes) is 1. The summed E-state index contributed by atoms with van der Waals surface area (Å²) >= 11 is 1.70. The molecule has 0 aliphatic carbocycles. The third-order valence-corrected chi connectivity index (χ3v) is 6.14. The van der Waals surface area contributed by atoms with Crippen LogP contribution in [0, 0.1) is 13.8 Å². The molecule has 0 saturated heterocycles. The third-order valence-electron chi connectivity index (χ3n) is 5.20. The van der Waals surface area contributed by atoms with Crippen LogP contribution in [0.2, 0.25) is 0 Å². The Bertz CT molecular complexity index is 929. The summed E-state index contributed by atoms with van der Waals surface area (Å²) in [6.45, 7) is 6.31. The zero-order chi connectivity index (χ0) is 20.8. The Hall–Kier alpha value is -2.44. The molecule has 0 bridgehead atoms. The number of nitrogens with zero attached hydrogens (tertiary/aromatic N) is 2. The van der Waals surface area contributed by atoms with Gasteiger partial charge in [0.1, 0.15) is 0 Å². The van der Waals surface area contributed by atoms with Crippen LogP contribution in [-0.4, -0.2) is 22.2 Å². The molecule has 3 rings (SSSR count). The Morgan fingerprint density at radius 1 is 1.21 bits per heavy atom. The molecule has 0 aliphatic heterocycles. The fourth-order valence-electron chi connectivity index (χ4n) is 3.43. The van der Waals surface area contributed by atoms with Gasteiger partial charge in [-0.15, -0.1) is 11.3 Å². The van der Waals surface area contributed by atoms with Crippen LogP contribution in [0.3, 0.4) is 0 Å². The number of hydrogen-bond donors (Lipinski definition) is 2. The van der Waals surface area contributed by atoms with Crippen molar-refractivity contribution in [2.24, 2.45) is 7.05 Å². The van der Waals surface area contributed by atoms with Crippen LogP contribution in [0.15, 0.2) is 41.8 Å². The SMILES string of the molecule is CCCCc1ccc([C@@H](NCC(=O)Nc2c(C)nn(C)c2C)c2cccs2)cc1. The number of nitrogens with one attached hydrogen (secondary N) is 2. The van der Waals surface area contributed by atoms with E-state index in [1.807, 2.05) is 27.0 Å². The molecule has 0 spiro atoms. The van der Waals surface area contributed by atoms with E-state index in [9.17, 15) is 4.79 Å². The number of amides is 1. The average molecular weight is 411 g/mol. The van der Waals surface area contributed by atoms with Gasteiger partial charge in [-0.05, 0) is 49.3 Å². The number of benzene rings is 1. The van der Waals surface area contributed by atoms with Gasteiger partial charge in [0, 0.05) is 11.9 Å². The maximum absolute atomic E-state index is 12.6. The summed E-state index contributed by atoms with van der Waals surface area (Å²) < 4.78 is 1.78. The van der Waals surface area contributed by atoms with Crippen molar-refractivity contribution in [3.63, 3.8) is 0 Å². The van der Waals surface area contributed by atoms with Crippen molar-refractivity contribution >= 4 is 22.9 Å². The lowest BCUT2D eigenvalue weighted by molar-refractivity contribution is -0.115. The fraction of sp³-hybridized carbons (Fsp3) is 0.391. The van der Waals surface area contributed by atoms with Crippen LogP contribution < -0.4 is 10.6 Å². The van der Waals surface area contributed by atoms with Crippen LogP contribution in [0.5, 0.6) is 0 Å². The van der Waals surface area contributed by atoms with Gasteiger partial charge < -0.3 is 5.32 Å². The van der Waals surface area contributed by atoms with E-state index in [2.05, 4.69) is 58.4 Å². The Morgan fingerprint density at radius 3 is 2.55 bits per heavy atom. The molecule has 0 aliphatic rings. The van der Waals surface area contributed by atoms with Crippen molar-refractivity contribution < 1.29 is 4.79 Å². The summed E-state index contributed by atoms with van der Waals surface area (Å²) in [6.07, 6.45) is 3.52. The molecule has 1 amide bonds. The molecule has 0 saturated carbocycles. The van der Waals surface area contributed by atoms with Crippen LogP contribution in [-0.2, 0) is 18.3 Å². The van der Waals surface area contributed by atoms with E-state index in [-0.39, 0.29) is 18.5 Å². The number of carbonyl (C=O) groups is 1. The molecule has 6 heteroatoms. The Kier molecular flexibility index (Phi) is 7.23. The predicted molar refractivity (Wildman–Crippen MR) is 121 cm³/mol. The van der Waals surface area contributed by atoms with E-state index in [0.717, 1.165) is 23.5 Å². The monoisotopic (exact) mass is 410 g/mol. The van der Waals surface area contributed by atoms with Gasteiger partial charge >= 0.3 is 0 Å². The van der Waals surface area contributed by atoms with Crippen LogP contribution in [0.1, 0.15) is 53.2 Å². The first-order valence-electron chi connectivity index (χ1n) is 10.1. The van der Waals surface area contributed by atoms with Crippen LogP contribution >= 0.6 is 11.3 Å². The van der Waals surface area contributed by atoms with E-state index < -0.39 is 0 Å². The third kappa shape index (κ3) is 5.34. The average Bonchev–Trinajstić information content (AvgIpc) is 3.32. The second-order valence-corrected chi connectivity index (χ2v) is 8.37. The van der Waals surface area contributed by atoms with Crippen molar-refractivity contribution in [1.82, 2.24) is 15.1 Å². The number of anilines is 1. The summed E-state index contributed by atoms with van der Waals surface area (Å²) in [5, 5.41) is 12.9. The van der Waals surface area contributed by atoms with Gasteiger partial charge in [0.15, 0.2) is 0 Å². The Morgan fingerprint density at radius 2 is 1.97 bits per heavy atom. The lowest BCUT2D eigenvalue weighted by Gasteiger charge is -2.18. The first-order chi connectivity index (χ1) is 14.0. The highest BCUT2D eigenvalue weighted by molar-refractivity contribution is 7.10. The number of hydrogen-bond acceptors (Lipinski definition) is 4. The van der Waals surface area contributed by atoms with Gasteiger partial charge in [-0.3, -0.25) is 14.8 Å². The summed E-state index contributed by atoms with van der Waals surface area (Å²) in [5.41, 5.74) is 5.12. The van der Waals surface area contributed by atoms with E-state index in [4.69, 9.17) is 0 Å². The minimum atomic E-state index is -0.0645. The fourth-order valence-corrected chi connectivity index (χ4v) is 4.26. The summed E-state index contributed by atoms with van der Waals surface area (Å²) in [5.74, 6) is -0.0645. The zero-order valence-corrected chi connectivity index (χ0v) is 18.5. The van der Waals surface area contributed by atoms with Crippen molar-refractivity contribution in [3.05, 3.63) is 69.2 Å². The Balaban J connectivity index is 1.69. The molecule has 154 valence electrons. The highest BCUT2D eigenvalue weighted by atomic mass is 32.1. The van der Waals surface area contributed by atoms with Gasteiger partial charge in [0.25, 0.3) is 0 Å². The molecule has 1 atom stereocenters. The molecule has 0 fully saturated rings. The quantitative estimate of drug-likeness (QED) is 0.535. The predicted octanol–water partition coefficient (Wildman–Crippen LogP) is 4.76. The van der Waals surface area contributed by atoms with E-state index in [1.54, 1.807) is 16.0 Å². The first kappa shape index (κ1) is 21.3. The number of aryl methyl sites for hydroxylation is 3. The molecule has 3 aromatic rings. The van der Waals surface area contributed by atoms with Crippen molar-refractivity contribution in [3.8, 4) is 0 Å². The first-order valence-corrected chi connectivity index (χ1v) is 11.0. The van der Waals surface area contributed by atoms with Crippen LogP contribution in [0.25, 0.3) is 0 Å². The van der Waals surface area contributed by atoms with E-state index >= 15 is 0 Å². The largest absolute Gasteiger partial charge is 0.322 e. The highest BCUT2D eigenvalue weighted by Crippen LogP contribution is 2.26. The zero-order valence-electron chi connectivity index (χ0n) is 17.7. The van der Waals surface area contributed by atoms with E-state index in [1.165, 1.54) is 28.8 Å². The molecular weight excluding hydrogens is 380 g/mol. The summed E-state index contributed by atoms with van der Waals surface area (Å²) in [6, 6.07) is 12.9. The second-order valence-electron chi connectivity index (χ2n) is 7.39. The molecule has 2 aromatic heterocycles. The van der Waals surface area contributed by atoms with Gasteiger partial charge in [-0.1, -0.05) is 43.7 Å². The maximum Gasteiger partial charge on any atom is 0.238 e. The van der Waals surface area contributed by atoms with Gasteiger partial charge in [0.2, 0.25) is 5.91 Å². The molecule has 0 unspecified atom stereocenters. The lowest BCUT2D eigenvalue weighted by atomic mass is 10.0. The van der Waals surface area contributed by atoms with Crippen molar-refractivity contribution in [2.75, 3.05) is 11.9 Å². The number of carbonyl (C=O) groups excluding carboxylic acids is 1. The van der Waals surface area contributed by atoms with Gasteiger partial charge in [0.05, 0.1) is 29.7 Å². The molecule has 2 N–H and O–H groups in total. The summed E-state index contributed by atoms with van der Waals surface area (Å²) in [7, 11) is 1.88. The number of rotatable bonds is 9. The standard InChI is InChI=1S/C23H30N4OS/c1-5-6-8-18-10-12-19(13-11-18)23(20-9-7-14-29-20)24-15-21(28)25-22-16(2)26-27(4)17(22)3/h7,9-14,23-24H,5-6,8,15H2,1-4H3,(H,25,28)/t23-/m1/s1. The summed E-state index contributed by atoms with van der Waals surface area (Å²) in [4.78, 5) is 13.8. The number of aromatic nitrogens is 2. The maximum atomic E-state index is 12.6. The molecule has 2 heterocycles. The van der Waals surface area contributed by atoms with Crippen molar-refractivity contribution in [1.29, 1.82) is 0 Å². The van der Waals surface area contributed by atoms with Crippen molar-refractivity contribution in [2.45, 2.75) is 46.1 Å².